The molecule has 17 heavy (non-hydrogen) atoms. The highest BCUT2D eigenvalue weighted by Gasteiger charge is 2.11. The number of nitrogens with two attached hydrogens (primary N) is 1. The van der Waals surface area contributed by atoms with Gasteiger partial charge in [-0.2, -0.15) is 0 Å². The van der Waals surface area contributed by atoms with Crippen LogP contribution in [0.1, 0.15) is 16.1 Å². The summed E-state index contributed by atoms with van der Waals surface area (Å²) in [5.74, 6) is -0.252. The van der Waals surface area contributed by atoms with Crippen LogP contribution in [0.25, 0.3) is 0 Å². The monoisotopic (exact) mass is 311 g/mol. The number of halogens is 1. The molecule has 1 aromatic heterocycles. The van der Waals surface area contributed by atoms with Gasteiger partial charge in [0, 0.05) is 15.5 Å². The first kappa shape index (κ1) is 12.1. The van der Waals surface area contributed by atoms with E-state index in [1.54, 1.807) is 18.2 Å². The van der Waals surface area contributed by atoms with Crippen molar-refractivity contribution >= 4 is 44.0 Å². The molecule has 2 rings (SSSR count). The van der Waals surface area contributed by atoms with Gasteiger partial charge in [0.25, 0.3) is 5.91 Å². The van der Waals surface area contributed by atoms with Crippen molar-refractivity contribution in [3.63, 3.8) is 0 Å². The summed E-state index contributed by atoms with van der Waals surface area (Å²) in [5.41, 5.74) is 7.51. The Morgan fingerprint density at radius 1 is 1.53 bits per heavy atom. The van der Waals surface area contributed by atoms with E-state index in [1.807, 2.05) is 12.3 Å². The Balaban J connectivity index is 2.22. The molecule has 0 saturated heterocycles. The molecule has 0 bridgehead atoms. The third-order valence-electron chi connectivity index (χ3n) is 2.10. The number of aromatic nitrogens is 1. The average molecular weight is 312 g/mol. The Bertz CT molecular complexity index is 568. The molecular formula is C11H10BrN3OS. The number of benzene rings is 1. The van der Waals surface area contributed by atoms with Gasteiger partial charge in [-0.1, -0.05) is 15.9 Å². The van der Waals surface area contributed by atoms with Crippen LogP contribution >= 0.6 is 27.3 Å². The normalized spacial score (nSPS) is 10.2. The molecule has 0 aliphatic carbocycles. The zero-order chi connectivity index (χ0) is 12.4. The molecule has 2 aromatic rings. The van der Waals surface area contributed by atoms with E-state index in [9.17, 15) is 4.79 Å². The van der Waals surface area contributed by atoms with Gasteiger partial charge in [0.1, 0.15) is 0 Å². The second-order valence-corrected chi connectivity index (χ2v) is 5.25. The third kappa shape index (κ3) is 2.83. The van der Waals surface area contributed by atoms with E-state index in [4.69, 9.17) is 5.73 Å². The molecule has 0 saturated carbocycles. The first-order valence-electron chi connectivity index (χ1n) is 4.85. The number of thiazole rings is 1. The molecule has 4 nitrogen and oxygen atoms in total. The molecule has 1 heterocycles. The van der Waals surface area contributed by atoms with E-state index in [0.717, 1.165) is 10.2 Å². The number of amides is 1. The lowest BCUT2D eigenvalue weighted by Gasteiger charge is -2.05. The minimum atomic E-state index is -0.252. The van der Waals surface area contributed by atoms with E-state index in [0.29, 0.717) is 16.4 Å². The van der Waals surface area contributed by atoms with E-state index in [1.165, 1.54) is 11.3 Å². The molecule has 3 N–H and O–H groups in total. The molecule has 1 aromatic carbocycles. The number of aryl methyl sites for hydroxylation is 1. The van der Waals surface area contributed by atoms with Crippen LogP contribution < -0.4 is 11.1 Å². The first-order valence-corrected chi connectivity index (χ1v) is 6.52. The number of carbonyl (C=O) groups is 1. The van der Waals surface area contributed by atoms with Crippen molar-refractivity contribution < 1.29 is 4.79 Å². The fourth-order valence-electron chi connectivity index (χ4n) is 1.30. The van der Waals surface area contributed by atoms with Crippen molar-refractivity contribution in [2.24, 2.45) is 0 Å². The molecule has 0 aliphatic rings. The molecule has 1 amide bonds. The number of hydrogen-bond donors (Lipinski definition) is 2. The van der Waals surface area contributed by atoms with Gasteiger partial charge in [-0.25, -0.2) is 4.98 Å². The maximum atomic E-state index is 12.0. The number of anilines is 2. The van der Waals surface area contributed by atoms with Gasteiger partial charge in [0.2, 0.25) is 0 Å². The highest BCUT2D eigenvalue weighted by molar-refractivity contribution is 9.10. The van der Waals surface area contributed by atoms with Crippen LogP contribution in [0.15, 0.2) is 28.1 Å². The van der Waals surface area contributed by atoms with E-state index < -0.39 is 0 Å². The van der Waals surface area contributed by atoms with Crippen LogP contribution in [0.5, 0.6) is 0 Å². The zero-order valence-corrected chi connectivity index (χ0v) is 11.4. The standard InChI is InChI=1S/C11H10BrN3OS/c1-6-5-17-11(14-6)15-10(16)8-4-7(12)2-3-9(8)13/h2-5H,13H2,1H3,(H,14,15,16). The van der Waals surface area contributed by atoms with Crippen molar-refractivity contribution in [1.82, 2.24) is 4.98 Å². The number of carbonyl (C=O) groups excluding carboxylic acids is 1. The van der Waals surface area contributed by atoms with Crippen LogP contribution in [0.4, 0.5) is 10.8 Å². The quantitative estimate of drug-likeness (QED) is 0.838. The van der Waals surface area contributed by atoms with Gasteiger partial charge in [0.15, 0.2) is 5.13 Å². The zero-order valence-electron chi connectivity index (χ0n) is 9.03. The Labute approximate surface area is 111 Å². The number of nitrogens with one attached hydrogen (secondary N) is 1. The summed E-state index contributed by atoms with van der Waals surface area (Å²) in [6.07, 6.45) is 0. The summed E-state index contributed by atoms with van der Waals surface area (Å²) in [6, 6.07) is 5.16. The lowest BCUT2D eigenvalue weighted by Crippen LogP contribution is -2.13. The van der Waals surface area contributed by atoms with Crippen LogP contribution in [0, 0.1) is 6.92 Å². The SMILES string of the molecule is Cc1csc(NC(=O)c2cc(Br)ccc2N)n1. The van der Waals surface area contributed by atoms with Gasteiger partial charge >= 0.3 is 0 Å². The summed E-state index contributed by atoms with van der Waals surface area (Å²) in [7, 11) is 0. The molecule has 0 fully saturated rings. The highest BCUT2D eigenvalue weighted by Crippen LogP contribution is 2.21. The van der Waals surface area contributed by atoms with Gasteiger partial charge in [-0.3, -0.25) is 10.1 Å². The minimum Gasteiger partial charge on any atom is -0.398 e. The highest BCUT2D eigenvalue weighted by atomic mass is 79.9. The fraction of sp³-hybridized carbons (Fsp3) is 0.0909. The largest absolute Gasteiger partial charge is 0.398 e. The van der Waals surface area contributed by atoms with E-state index in [-0.39, 0.29) is 5.91 Å². The fourth-order valence-corrected chi connectivity index (χ4v) is 2.35. The maximum Gasteiger partial charge on any atom is 0.259 e. The molecule has 0 aliphatic heterocycles. The Morgan fingerprint density at radius 3 is 2.94 bits per heavy atom. The second-order valence-electron chi connectivity index (χ2n) is 3.48. The molecule has 0 spiro atoms. The van der Waals surface area contributed by atoms with Crippen molar-refractivity contribution in [1.29, 1.82) is 0 Å². The topological polar surface area (TPSA) is 68.0 Å². The Hall–Kier alpha value is -1.40. The van der Waals surface area contributed by atoms with Crippen molar-refractivity contribution in [3.8, 4) is 0 Å². The molecule has 0 atom stereocenters. The van der Waals surface area contributed by atoms with Crippen molar-refractivity contribution in [2.45, 2.75) is 6.92 Å². The summed E-state index contributed by atoms with van der Waals surface area (Å²) in [4.78, 5) is 16.1. The number of rotatable bonds is 2. The van der Waals surface area contributed by atoms with Gasteiger partial charge < -0.3 is 5.73 Å². The first-order chi connectivity index (χ1) is 8.06. The Kier molecular flexibility index (Phi) is 3.44. The van der Waals surface area contributed by atoms with Gasteiger partial charge in [0.05, 0.1) is 11.3 Å². The summed E-state index contributed by atoms with van der Waals surface area (Å²) < 4.78 is 0.812. The molecular weight excluding hydrogens is 302 g/mol. The summed E-state index contributed by atoms with van der Waals surface area (Å²) in [5, 5.41) is 5.17. The third-order valence-corrected chi connectivity index (χ3v) is 3.47. The minimum absolute atomic E-state index is 0.252. The average Bonchev–Trinajstić information content (AvgIpc) is 2.67. The lowest BCUT2D eigenvalue weighted by molar-refractivity contribution is 0.102. The predicted molar refractivity (Wildman–Crippen MR) is 73.4 cm³/mol. The molecule has 6 heteroatoms. The van der Waals surface area contributed by atoms with Crippen LogP contribution in [-0.2, 0) is 0 Å². The van der Waals surface area contributed by atoms with Crippen molar-refractivity contribution in [2.75, 3.05) is 11.1 Å². The Morgan fingerprint density at radius 2 is 2.29 bits per heavy atom. The van der Waals surface area contributed by atoms with E-state index in [2.05, 4.69) is 26.2 Å². The smallest absolute Gasteiger partial charge is 0.259 e. The molecule has 88 valence electrons. The number of hydrogen-bond acceptors (Lipinski definition) is 4. The number of nitrogens with zero attached hydrogens (tertiary/aromatic N) is 1. The summed E-state index contributed by atoms with van der Waals surface area (Å²) in [6.45, 7) is 1.87. The van der Waals surface area contributed by atoms with Gasteiger partial charge in [-0.15, -0.1) is 11.3 Å². The predicted octanol–water partition coefficient (Wildman–Crippen LogP) is 3.05. The van der Waals surface area contributed by atoms with Gasteiger partial charge in [-0.05, 0) is 25.1 Å². The maximum absolute atomic E-state index is 12.0. The van der Waals surface area contributed by atoms with Crippen molar-refractivity contribution in [3.05, 3.63) is 39.3 Å². The van der Waals surface area contributed by atoms with E-state index >= 15 is 0 Å². The van der Waals surface area contributed by atoms with Crippen LogP contribution in [0.2, 0.25) is 0 Å². The lowest BCUT2D eigenvalue weighted by atomic mass is 10.2. The number of nitrogen functional groups attached to an aromatic ring is 1. The molecule has 0 radical (unpaired) electrons. The van der Waals surface area contributed by atoms with Crippen LogP contribution in [0.3, 0.4) is 0 Å². The van der Waals surface area contributed by atoms with Crippen LogP contribution in [-0.4, -0.2) is 10.9 Å². The second kappa shape index (κ2) is 4.85. The summed E-state index contributed by atoms with van der Waals surface area (Å²) >= 11 is 4.69. The molecule has 0 unspecified atom stereocenters.